The van der Waals surface area contributed by atoms with Crippen LogP contribution in [0.5, 0.6) is 0 Å². The number of rotatable bonds is 5. The molecule has 0 heterocycles. The van der Waals surface area contributed by atoms with E-state index in [0.717, 1.165) is 0 Å². The first-order valence-corrected chi connectivity index (χ1v) is 5.01. The number of aliphatic hydroxyl groups excluding tert-OH is 2. The Morgan fingerprint density at radius 1 is 0.944 bits per heavy atom. The Labute approximate surface area is 104 Å². The van der Waals surface area contributed by atoms with Gasteiger partial charge in [-0.1, -0.05) is 0 Å². The molecule has 0 rings (SSSR count). The maximum Gasteiger partial charge on any atom is 0.631 e. The number of carbonyl (C=O) groups is 2. The molecule has 106 valence electrons. The van der Waals surface area contributed by atoms with E-state index < -0.39 is 31.5 Å². The lowest BCUT2D eigenvalue weighted by Gasteiger charge is -2.14. The average molecular weight is 268 g/mol. The highest BCUT2D eigenvalue weighted by Crippen LogP contribution is 1.99. The third-order valence-electron chi connectivity index (χ3n) is 1.36. The van der Waals surface area contributed by atoms with Crippen molar-refractivity contribution in [3.05, 3.63) is 0 Å². The fourth-order valence-corrected chi connectivity index (χ4v) is 0.713. The van der Waals surface area contributed by atoms with E-state index in [4.69, 9.17) is 25.3 Å². The lowest BCUT2D eigenvalue weighted by Crippen LogP contribution is -2.41. The van der Waals surface area contributed by atoms with Crippen LogP contribution in [-0.4, -0.2) is 70.0 Å². The summed E-state index contributed by atoms with van der Waals surface area (Å²) in [6.45, 7) is 3.21. The highest BCUT2D eigenvalue weighted by Gasteiger charge is 2.32. The Morgan fingerprint density at radius 2 is 1.17 bits per heavy atom. The molecule has 0 aromatic rings. The van der Waals surface area contributed by atoms with Crippen LogP contribution in [0.3, 0.4) is 0 Å². The molecule has 18 heavy (non-hydrogen) atoms. The van der Waals surface area contributed by atoms with Crippen LogP contribution >= 0.6 is 0 Å². The third kappa shape index (κ3) is 9.99. The Balaban J connectivity index is 0. The Morgan fingerprint density at radius 3 is 1.33 bits per heavy atom. The molecule has 10 heteroatoms. The summed E-state index contributed by atoms with van der Waals surface area (Å²) in [5, 5.41) is 39.7. The molecule has 5 N–H and O–H groups in total. The molecule has 0 aliphatic heterocycles. The minimum absolute atomic E-state index is 0.0610. The summed E-state index contributed by atoms with van der Waals surface area (Å²) in [7, 11) is -2.17. The quantitative estimate of drug-likeness (QED) is 0.256. The predicted octanol–water partition coefficient (Wildman–Crippen LogP) is -3.22. The summed E-state index contributed by atoms with van der Waals surface area (Å²) in [4.78, 5) is 21.7. The first-order valence-electron chi connectivity index (χ1n) is 5.01. The Kier molecular flexibility index (Phi) is 11.6. The van der Waals surface area contributed by atoms with Crippen molar-refractivity contribution in [3.8, 4) is 0 Å². The molecule has 0 aromatic heterocycles. The van der Waals surface area contributed by atoms with Crippen LogP contribution in [0.1, 0.15) is 13.8 Å². The molecular formula is C8H17BO9. The van der Waals surface area contributed by atoms with Gasteiger partial charge in [-0.2, -0.15) is 0 Å². The van der Waals surface area contributed by atoms with Crippen molar-refractivity contribution in [2.75, 3.05) is 13.2 Å². The van der Waals surface area contributed by atoms with Gasteiger partial charge in [0, 0.05) is 0 Å². The van der Waals surface area contributed by atoms with Crippen LogP contribution in [0.4, 0.5) is 0 Å². The number of carbonyl (C=O) groups excluding carboxylic acids is 2. The van der Waals surface area contributed by atoms with E-state index in [1.807, 2.05) is 0 Å². The highest BCUT2D eigenvalue weighted by atomic mass is 16.6. The van der Waals surface area contributed by atoms with Crippen molar-refractivity contribution in [3.63, 3.8) is 0 Å². The maximum atomic E-state index is 10.9. The maximum absolute atomic E-state index is 10.9. The van der Waals surface area contributed by atoms with Crippen molar-refractivity contribution < 1.29 is 44.3 Å². The largest absolute Gasteiger partial charge is 0.631 e. The number of aliphatic hydroxyl groups is 2. The van der Waals surface area contributed by atoms with Gasteiger partial charge in [-0.25, -0.2) is 9.59 Å². The predicted molar refractivity (Wildman–Crippen MR) is 57.7 cm³/mol. The lowest BCUT2D eigenvalue weighted by atomic mass is 10.2. The van der Waals surface area contributed by atoms with Crippen LogP contribution in [0.2, 0.25) is 0 Å². The molecule has 0 radical (unpaired) electrons. The summed E-state index contributed by atoms with van der Waals surface area (Å²) in [5.41, 5.74) is 0. The van der Waals surface area contributed by atoms with E-state index in [1.165, 1.54) is 0 Å². The molecule has 0 bridgehead atoms. The van der Waals surface area contributed by atoms with Crippen molar-refractivity contribution in [2.24, 2.45) is 0 Å². The van der Waals surface area contributed by atoms with E-state index in [1.54, 1.807) is 13.8 Å². The molecular weight excluding hydrogens is 251 g/mol. The van der Waals surface area contributed by atoms with Crippen LogP contribution in [0.15, 0.2) is 0 Å². The third-order valence-corrected chi connectivity index (χ3v) is 1.36. The average Bonchev–Trinajstić information content (AvgIpc) is 2.27. The van der Waals surface area contributed by atoms with Crippen molar-refractivity contribution in [1.82, 2.24) is 0 Å². The standard InChI is InChI=1S/C8H14O6.BH3O3/c1-3-13-7(11)5(9)6(10)8(12)14-4-2;2-1(3)4/h5-6,9-10H,3-4H2,1-2H3;2-4H. The zero-order valence-corrected chi connectivity index (χ0v) is 10.0. The van der Waals surface area contributed by atoms with Crippen molar-refractivity contribution in [2.45, 2.75) is 26.1 Å². The molecule has 0 aromatic carbocycles. The fraction of sp³-hybridized carbons (Fsp3) is 0.750. The van der Waals surface area contributed by atoms with Crippen molar-refractivity contribution in [1.29, 1.82) is 0 Å². The minimum atomic E-state index is -2.17. The van der Waals surface area contributed by atoms with Gasteiger partial charge in [-0.15, -0.1) is 0 Å². The molecule has 0 saturated heterocycles. The molecule has 0 fully saturated rings. The molecule has 9 nitrogen and oxygen atoms in total. The van der Waals surface area contributed by atoms with Crippen LogP contribution in [0.25, 0.3) is 0 Å². The number of hydrogen-bond donors (Lipinski definition) is 5. The van der Waals surface area contributed by atoms with Gasteiger partial charge in [0.05, 0.1) is 13.2 Å². The Hall–Kier alpha value is -1.20. The zero-order chi connectivity index (χ0) is 14.7. The second kappa shape index (κ2) is 10.9. The van der Waals surface area contributed by atoms with Gasteiger partial charge in [0.25, 0.3) is 0 Å². The minimum Gasteiger partial charge on any atom is -0.464 e. The van der Waals surface area contributed by atoms with E-state index in [0.29, 0.717) is 0 Å². The summed E-state index contributed by atoms with van der Waals surface area (Å²) in [6, 6.07) is 0. The van der Waals surface area contributed by atoms with Gasteiger partial charge in [0.15, 0.2) is 12.2 Å². The normalized spacial score (nSPS) is 12.6. The van der Waals surface area contributed by atoms with Crippen molar-refractivity contribution >= 4 is 19.3 Å². The zero-order valence-electron chi connectivity index (χ0n) is 10.0. The SMILES string of the molecule is CCOC(=O)C(O)C(O)C(=O)OCC.OB(O)O. The van der Waals surface area contributed by atoms with Crippen LogP contribution in [0, 0.1) is 0 Å². The summed E-state index contributed by atoms with van der Waals surface area (Å²) < 4.78 is 8.79. The van der Waals surface area contributed by atoms with Gasteiger partial charge in [0.1, 0.15) is 0 Å². The number of hydrogen-bond acceptors (Lipinski definition) is 9. The summed E-state index contributed by atoms with van der Waals surface area (Å²) in [5.74, 6) is -2.10. The van der Waals surface area contributed by atoms with E-state index in [2.05, 4.69) is 9.47 Å². The molecule has 2 unspecified atom stereocenters. The molecule has 0 spiro atoms. The van der Waals surface area contributed by atoms with E-state index in [-0.39, 0.29) is 13.2 Å². The highest BCUT2D eigenvalue weighted by molar-refractivity contribution is 6.30. The van der Waals surface area contributed by atoms with Gasteiger partial charge in [0.2, 0.25) is 0 Å². The van der Waals surface area contributed by atoms with E-state index >= 15 is 0 Å². The van der Waals surface area contributed by atoms with Gasteiger partial charge in [-0.3, -0.25) is 0 Å². The van der Waals surface area contributed by atoms with E-state index in [9.17, 15) is 9.59 Å². The summed E-state index contributed by atoms with van der Waals surface area (Å²) >= 11 is 0. The molecule has 2 atom stereocenters. The van der Waals surface area contributed by atoms with Crippen LogP contribution < -0.4 is 0 Å². The number of esters is 2. The smallest absolute Gasteiger partial charge is 0.464 e. The van der Waals surface area contributed by atoms with Gasteiger partial charge in [-0.05, 0) is 13.8 Å². The summed E-state index contributed by atoms with van der Waals surface area (Å²) in [6.07, 6.45) is -3.79. The second-order valence-electron chi connectivity index (χ2n) is 2.74. The first-order chi connectivity index (χ1) is 8.27. The molecule has 0 aliphatic rings. The first kappa shape index (κ1) is 19.2. The monoisotopic (exact) mass is 268 g/mol. The number of ether oxygens (including phenoxy) is 2. The topological polar surface area (TPSA) is 154 Å². The lowest BCUT2D eigenvalue weighted by molar-refractivity contribution is -0.172. The van der Waals surface area contributed by atoms with Crippen LogP contribution in [-0.2, 0) is 19.1 Å². The van der Waals surface area contributed by atoms with Gasteiger partial charge < -0.3 is 34.8 Å². The molecule has 0 aliphatic carbocycles. The Bertz CT molecular complexity index is 220. The second-order valence-corrected chi connectivity index (χ2v) is 2.74. The van der Waals surface area contributed by atoms with Gasteiger partial charge >= 0.3 is 19.3 Å². The molecule has 0 saturated carbocycles. The molecule has 0 amide bonds. The fourth-order valence-electron chi connectivity index (χ4n) is 0.713.